The summed E-state index contributed by atoms with van der Waals surface area (Å²) >= 11 is 0. The van der Waals surface area contributed by atoms with Crippen molar-refractivity contribution in [3.8, 4) is 0 Å². The van der Waals surface area contributed by atoms with Gasteiger partial charge in [-0.3, -0.25) is 14.5 Å². The number of allylic oxidation sites excluding steroid dienone is 1. The van der Waals surface area contributed by atoms with E-state index in [-0.39, 0.29) is 47.1 Å². The van der Waals surface area contributed by atoms with Gasteiger partial charge in [0, 0.05) is 43.7 Å². The fourth-order valence-electron chi connectivity index (χ4n) is 9.30. The van der Waals surface area contributed by atoms with E-state index in [4.69, 9.17) is 0 Å². The van der Waals surface area contributed by atoms with Crippen LogP contribution in [0.1, 0.15) is 58.8 Å². The number of carbonyl (C=O) groups is 2. The normalized spacial score (nSPS) is 41.2. The maximum absolute atomic E-state index is 13.8. The molecule has 0 aromatic heterocycles. The lowest BCUT2D eigenvalue weighted by Crippen LogP contribution is -2.63. The molecular weight excluding hydrogens is 483 g/mol. The van der Waals surface area contributed by atoms with E-state index in [1.54, 1.807) is 12.1 Å². The van der Waals surface area contributed by atoms with Crippen LogP contribution < -0.4 is 4.90 Å². The van der Waals surface area contributed by atoms with E-state index in [1.165, 1.54) is 17.7 Å². The van der Waals surface area contributed by atoms with Crippen LogP contribution in [0.25, 0.3) is 0 Å². The molecule has 0 bridgehead atoms. The second-order valence-electron chi connectivity index (χ2n) is 13.1. The van der Waals surface area contributed by atoms with Crippen molar-refractivity contribution in [3.63, 3.8) is 0 Å². The fraction of sp³-hybridized carbons (Fsp3) is 0.677. The molecule has 1 unspecified atom stereocenters. The van der Waals surface area contributed by atoms with E-state index in [0.29, 0.717) is 32.4 Å². The molecule has 2 N–H and O–H groups in total. The maximum Gasteiger partial charge on any atom is 0.178 e. The molecule has 4 fully saturated rings. The van der Waals surface area contributed by atoms with Crippen LogP contribution in [0.3, 0.4) is 0 Å². The topological polar surface area (TPSA) is 81.1 Å². The lowest BCUT2D eigenvalue weighted by atomic mass is 9.45. The highest BCUT2D eigenvalue weighted by molar-refractivity contribution is 5.92. The molecule has 6 rings (SSSR count). The number of rotatable bonds is 4. The minimum Gasteiger partial charge on any atom is -0.393 e. The number of carbonyl (C=O) groups excluding carboxylic acids is 2. The van der Waals surface area contributed by atoms with E-state index in [9.17, 15) is 24.2 Å². The van der Waals surface area contributed by atoms with Gasteiger partial charge in [0.15, 0.2) is 11.6 Å². The van der Waals surface area contributed by atoms with E-state index in [2.05, 4.69) is 16.7 Å². The minimum atomic E-state index is -1.43. The molecule has 1 aliphatic heterocycles. The molecule has 1 aromatic rings. The third kappa shape index (κ3) is 3.91. The molecule has 6 nitrogen and oxygen atoms in total. The Morgan fingerprint density at radius 1 is 1.05 bits per heavy atom. The van der Waals surface area contributed by atoms with E-state index in [1.807, 2.05) is 13.0 Å². The van der Waals surface area contributed by atoms with Gasteiger partial charge in [0.25, 0.3) is 0 Å². The predicted molar refractivity (Wildman–Crippen MR) is 143 cm³/mol. The first kappa shape index (κ1) is 26.1. The summed E-state index contributed by atoms with van der Waals surface area (Å²) in [5.41, 5.74) is -0.0805. The van der Waals surface area contributed by atoms with Crippen LogP contribution in [0.4, 0.5) is 10.1 Å². The molecule has 0 radical (unpaired) electrons. The van der Waals surface area contributed by atoms with Gasteiger partial charge in [0.2, 0.25) is 0 Å². The Balaban J connectivity index is 1.16. The lowest BCUT2D eigenvalue weighted by molar-refractivity contribution is -0.181. The molecule has 7 atom stereocenters. The molecule has 1 saturated heterocycles. The molecular formula is C31H41FN2O4. The first-order chi connectivity index (χ1) is 18.0. The second kappa shape index (κ2) is 9.24. The number of Topliss-reactive ketones (excluding diaryl/α,β-unsaturated/α-hetero) is 1. The van der Waals surface area contributed by atoms with Crippen molar-refractivity contribution in [2.45, 2.75) is 70.5 Å². The average Bonchev–Trinajstić information content (AvgIpc) is 3.16. The first-order valence-corrected chi connectivity index (χ1v) is 14.5. The number of fused-ring (bicyclic) bond motifs is 5. The minimum absolute atomic E-state index is 0.0747. The molecule has 0 spiro atoms. The van der Waals surface area contributed by atoms with Crippen LogP contribution in [0.15, 0.2) is 35.9 Å². The Morgan fingerprint density at radius 3 is 2.47 bits per heavy atom. The number of halogens is 1. The van der Waals surface area contributed by atoms with E-state index >= 15 is 0 Å². The molecule has 5 aliphatic rings. The van der Waals surface area contributed by atoms with Gasteiger partial charge in [-0.25, -0.2) is 4.39 Å². The van der Waals surface area contributed by atoms with Crippen LogP contribution in [0.2, 0.25) is 0 Å². The zero-order chi connectivity index (χ0) is 26.9. The number of anilines is 1. The Hall–Kier alpha value is -2.09. The molecule has 3 saturated carbocycles. The number of aliphatic hydroxyl groups is 2. The van der Waals surface area contributed by atoms with E-state index < -0.39 is 17.1 Å². The largest absolute Gasteiger partial charge is 0.393 e. The van der Waals surface area contributed by atoms with E-state index in [0.717, 1.165) is 44.5 Å². The van der Waals surface area contributed by atoms with Crippen molar-refractivity contribution in [2.24, 2.45) is 28.6 Å². The van der Waals surface area contributed by atoms with Gasteiger partial charge >= 0.3 is 0 Å². The molecule has 0 amide bonds. The van der Waals surface area contributed by atoms with Crippen molar-refractivity contribution in [2.75, 3.05) is 37.6 Å². The van der Waals surface area contributed by atoms with Crippen LogP contribution in [-0.2, 0) is 9.59 Å². The van der Waals surface area contributed by atoms with Gasteiger partial charge in [-0.15, -0.1) is 0 Å². The van der Waals surface area contributed by atoms with Crippen LogP contribution in [0.5, 0.6) is 0 Å². The monoisotopic (exact) mass is 524 g/mol. The third-order valence-corrected chi connectivity index (χ3v) is 11.4. The number of piperazine rings is 1. The summed E-state index contributed by atoms with van der Waals surface area (Å²) in [6.07, 6.45) is 6.02. The number of hydrogen-bond donors (Lipinski definition) is 2. The van der Waals surface area contributed by atoms with Gasteiger partial charge in [0.1, 0.15) is 11.4 Å². The molecule has 1 aromatic carbocycles. The summed E-state index contributed by atoms with van der Waals surface area (Å²) in [7, 11) is 0. The summed E-state index contributed by atoms with van der Waals surface area (Å²) in [5, 5.41) is 23.7. The molecule has 38 heavy (non-hydrogen) atoms. The number of hydrogen-bond acceptors (Lipinski definition) is 6. The van der Waals surface area contributed by atoms with Gasteiger partial charge in [-0.1, -0.05) is 19.4 Å². The number of nitrogens with zero attached hydrogens (tertiary/aromatic N) is 2. The summed E-state index contributed by atoms with van der Waals surface area (Å²) in [4.78, 5) is 30.3. The first-order valence-electron chi connectivity index (χ1n) is 14.5. The second-order valence-corrected chi connectivity index (χ2v) is 13.1. The van der Waals surface area contributed by atoms with Gasteiger partial charge in [-0.2, -0.15) is 0 Å². The van der Waals surface area contributed by atoms with Gasteiger partial charge in [-0.05, 0) is 92.0 Å². The smallest absolute Gasteiger partial charge is 0.178 e. The Kier molecular flexibility index (Phi) is 6.36. The van der Waals surface area contributed by atoms with Gasteiger partial charge in [0.05, 0.1) is 12.6 Å². The Bertz CT molecular complexity index is 1150. The van der Waals surface area contributed by atoms with Crippen molar-refractivity contribution in [3.05, 3.63) is 41.7 Å². The molecule has 7 heteroatoms. The highest BCUT2D eigenvalue weighted by Crippen LogP contribution is 2.67. The number of ketones is 2. The van der Waals surface area contributed by atoms with Crippen molar-refractivity contribution in [1.82, 2.24) is 4.90 Å². The highest BCUT2D eigenvalue weighted by Gasteiger charge is 2.68. The van der Waals surface area contributed by atoms with Gasteiger partial charge < -0.3 is 15.1 Å². The molecule has 4 aliphatic carbocycles. The van der Waals surface area contributed by atoms with Crippen molar-refractivity contribution < 1.29 is 24.2 Å². The quantitative estimate of drug-likeness (QED) is 0.625. The maximum atomic E-state index is 13.8. The lowest BCUT2D eigenvalue weighted by Gasteiger charge is -2.60. The van der Waals surface area contributed by atoms with Crippen LogP contribution in [-0.4, -0.2) is 71.1 Å². The van der Waals surface area contributed by atoms with Crippen LogP contribution >= 0.6 is 0 Å². The van der Waals surface area contributed by atoms with Crippen molar-refractivity contribution >= 4 is 17.3 Å². The number of aliphatic hydroxyl groups excluding tert-OH is 1. The zero-order valence-electron chi connectivity index (χ0n) is 22.7. The average molecular weight is 525 g/mol. The summed E-state index contributed by atoms with van der Waals surface area (Å²) in [6, 6.07) is 6.52. The molecule has 206 valence electrons. The predicted octanol–water partition coefficient (Wildman–Crippen LogP) is 3.75. The van der Waals surface area contributed by atoms with Crippen molar-refractivity contribution in [1.29, 1.82) is 0 Å². The summed E-state index contributed by atoms with van der Waals surface area (Å²) in [5.74, 6) is 0.350. The van der Waals surface area contributed by atoms with Crippen LogP contribution in [0, 0.1) is 34.4 Å². The Labute approximate surface area is 224 Å². The summed E-state index contributed by atoms with van der Waals surface area (Å²) < 4.78 is 13.3. The summed E-state index contributed by atoms with van der Waals surface area (Å²) in [6.45, 7) is 7.40. The standard InChI is InChI=1S/C31H41FN2O4/c1-29-11-9-23(35)17-20(29)3-8-24-25-10-12-31(38,30(25,2)18-26(36)28(24)29)27(37)19-33-13-15-34(16-14-33)22-6-4-21(32)5-7-22/h4-7,17,24-26,28,36,38H,3,8-16,18-19H2,1-2H3/t24-,25-,26?,28+,29-,30-,31-/m0/s1. The fourth-order valence-corrected chi connectivity index (χ4v) is 9.30. The SMILES string of the molecule is C[C@]12CCC(=O)C=C1CC[C@@H]1[C@@H]2C(O)C[C@@]2(C)[C@H]1CC[C@]2(O)C(=O)CN1CCN(c2ccc(F)cc2)CC1. The molecule has 1 heterocycles. The third-order valence-electron chi connectivity index (χ3n) is 11.4. The Morgan fingerprint density at radius 2 is 1.76 bits per heavy atom. The highest BCUT2D eigenvalue weighted by atomic mass is 19.1. The number of benzene rings is 1. The zero-order valence-corrected chi connectivity index (χ0v) is 22.7.